The van der Waals surface area contributed by atoms with Crippen LogP contribution in [0.3, 0.4) is 0 Å². The molecule has 9 rings (SSSR count). The maximum atomic E-state index is 13.6. The van der Waals surface area contributed by atoms with E-state index in [-0.39, 0.29) is 30.3 Å². The Labute approximate surface area is 259 Å². The third-order valence-corrected chi connectivity index (χ3v) is 9.34. The molecule has 2 aromatic heterocycles. The van der Waals surface area contributed by atoms with Gasteiger partial charge in [-0.2, -0.15) is 8.78 Å². The van der Waals surface area contributed by atoms with Crippen molar-refractivity contribution < 1.29 is 23.1 Å². The lowest BCUT2D eigenvalue weighted by Crippen LogP contribution is -2.45. The van der Waals surface area contributed by atoms with E-state index in [4.69, 9.17) is 4.74 Å². The van der Waals surface area contributed by atoms with Gasteiger partial charge in [-0.1, -0.05) is 11.8 Å². The van der Waals surface area contributed by atoms with Crippen molar-refractivity contribution in [3.05, 3.63) is 53.7 Å². The lowest BCUT2D eigenvalue weighted by atomic mass is 10.0. The van der Waals surface area contributed by atoms with Crippen LogP contribution in [-0.4, -0.2) is 90.7 Å². The molecule has 2 atom stereocenters. The predicted octanol–water partition coefficient (Wildman–Crippen LogP) is 4.19. The number of hydrogen-bond donors (Lipinski definition) is 3. The SMILES string of the molecule is COc1cc2ccc1NCC#Cc1cc3c(cccn3c1SC(F)F)NC1CCN(CC1)C(=O)[C@H]1CCN(CCNC2=O)C1. The van der Waals surface area contributed by atoms with E-state index in [1.807, 2.05) is 23.1 Å². The van der Waals surface area contributed by atoms with E-state index in [1.165, 1.54) is 7.11 Å². The molecular weight excluding hydrogens is 586 g/mol. The number of aromatic nitrogens is 1. The van der Waals surface area contributed by atoms with E-state index in [1.54, 1.807) is 28.8 Å². The maximum Gasteiger partial charge on any atom is 0.290 e. The molecule has 0 saturated carbocycles. The number of rotatable bonds is 3. The van der Waals surface area contributed by atoms with Crippen molar-refractivity contribution in [2.24, 2.45) is 5.92 Å². The molecule has 8 bridgehead atoms. The number of benzene rings is 1. The van der Waals surface area contributed by atoms with Crippen LogP contribution >= 0.6 is 11.8 Å². The lowest BCUT2D eigenvalue weighted by molar-refractivity contribution is -0.136. The van der Waals surface area contributed by atoms with Crippen molar-refractivity contribution in [2.75, 3.05) is 63.6 Å². The highest BCUT2D eigenvalue weighted by molar-refractivity contribution is 7.99. The number of anilines is 2. The Morgan fingerprint density at radius 1 is 1.02 bits per heavy atom. The first-order valence-electron chi connectivity index (χ1n) is 14.9. The van der Waals surface area contributed by atoms with Gasteiger partial charge in [0.25, 0.3) is 11.7 Å². The number of piperidine rings is 1. The van der Waals surface area contributed by atoms with E-state index in [9.17, 15) is 18.4 Å². The zero-order valence-corrected chi connectivity index (χ0v) is 25.4. The first kappa shape index (κ1) is 30.1. The zero-order valence-electron chi connectivity index (χ0n) is 24.6. The summed E-state index contributed by atoms with van der Waals surface area (Å²) >= 11 is 0.477. The first-order valence-corrected chi connectivity index (χ1v) is 15.8. The van der Waals surface area contributed by atoms with Gasteiger partial charge in [0.15, 0.2) is 0 Å². The van der Waals surface area contributed by atoms with Gasteiger partial charge in [0.05, 0.1) is 42.0 Å². The number of nitrogens with one attached hydrogen (secondary N) is 3. The van der Waals surface area contributed by atoms with Gasteiger partial charge in [-0.15, -0.1) is 0 Å². The van der Waals surface area contributed by atoms with Crippen LogP contribution in [0.15, 0.2) is 47.6 Å². The molecule has 1 aromatic carbocycles. The number of ether oxygens (including phenoxy) is 1. The molecule has 0 aliphatic carbocycles. The number of carbonyl (C=O) groups excluding carboxylic acids is 2. The van der Waals surface area contributed by atoms with Gasteiger partial charge in [0.1, 0.15) is 10.8 Å². The van der Waals surface area contributed by atoms with Crippen molar-refractivity contribution in [3.63, 3.8) is 0 Å². The lowest BCUT2D eigenvalue weighted by Gasteiger charge is -2.34. The second-order valence-electron chi connectivity index (χ2n) is 11.3. The fraction of sp³-hybridized carbons (Fsp3) is 0.438. The van der Waals surface area contributed by atoms with Gasteiger partial charge in [0, 0.05) is 50.5 Å². The highest BCUT2D eigenvalue weighted by Gasteiger charge is 2.33. The summed E-state index contributed by atoms with van der Waals surface area (Å²) in [5, 5.41) is 10.2. The molecular formula is C32H36F2N6O3S. The van der Waals surface area contributed by atoms with Gasteiger partial charge in [0.2, 0.25) is 5.91 Å². The summed E-state index contributed by atoms with van der Waals surface area (Å²) in [6.45, 7) is 4.27. The smallest absolute Gasteiger partial charge is 0.290 e. The van der Waals surface area contributed by atoms with Gasteiger partial charge in [-0.25, -0.2) is 0 Å². The fourth-order valence-corrected chi connectivity index (χ4v) is 6.91. The fourth-order valence-electron chi connectivity index (χ4n) is 6.24. The standard InChI is InChI=1S/C32H36F2N6O3S/c1-43-28-19-21-6-7-26(28)35-11-2-4-22-18-27-25(5-3-13-40(27)31(22)44-32(33)34)37-24-9-15-39(16-10-24)30(42)23-8-14-38(20-23)17-12-36-29(21)41/h3,5-7,13,18-19,23-24,32,35,37H,8-12,14-17,20H2,1H3,(H,36,41)/t23-/m0/s1. The molecule has 12 heteroatoms. The first-order chi connectivity index (χ1) is 21.4. The van der Waals surface area contributed by atoms with E-state index < -0.39 is 5.76 Å². The zero-order chi connectivity index (χ0) is 30.6. The second kappa shape index (κ2) is 13.4. The molecule has 3 aromatic rings. The number of thioether (sulfide) groups is 1. The van der Waals surface area contributed by atoms with E-state index in [0.29, 0.717) is 72.1 Å². The Balaban J connectivity index is 1.29. The molecule has 232 valence electrons. The van der Waals surface area contributed by atoms with Crippen LogP contribution in [0.1, 0.15) is 35.2 Å². The van der Waals surface area contributed by atoms with Gasteiger partial charge in [-0.3, -0.25) is 9.59 Å². The summed E-state index contributed by atoms with van der Waals surface area (Å²) in [5.74, 6) is 3.99. The van der Waals surface area contributed by atoms with Crippen LogP contribution in [0.25, 0.3) is 5.52 Å². The summed E-state index contributed by atoms with van der Waals surface area (Å²) in [6.07, 6.45) is 4.20. The minimum absolute atomic E-state index is 0.0336. The highest BCUT2D eigenvalue weighted by atomic mass is 32.2. The molecule has 0 spiro atoms. The van der Waals surface area contributed by atoms with Crippen molar-refractivity contribution in [1.82, 2.24) is 19.5 Å². The average molecular weight is 623 g/mol. The van der Waals surface area contributed by atoms with E-state index in [2.05, 4.69) is 32.7 Å². The van der Waals surface area contributed by atoms with Crippen LogP contribution in [0, 0.1) is 17.8 Å². The molecule has 44 heavy (non-hydrogen) atoms. The summed E-state index contributed by atoms with van der Waals surface area (Å²) in [5.41, 5.74) is 3.28. The van der Waals surface area contributed by atoms with Crippen LogP contribution in [0.5, 0.6) is 5.75 Å². The minimum Gasteiger partial charge on any atom is -0.495 e. The number of alkyl halides is 2. The topological polar surface area (TPSA) is 90.3 Å². The Morgan fingerprint density at radius 3 is 2.66 bits per heavy atom. The van der Waals surface area contributed by atoms with Crippen LogP contribution in [-0.2, 0) is 4.79 Å². The molecule has 8 heterocycles. The predicted molar refractivity (Wildman–Crippen MR) is 168 cm³/mol. The Morgan fingerprint density at radius 2 is 1.86 bits per heavy atom. The van der Waals surface area contributed by atoms with Crippen molar-refractivity contribution in [1.29, 1.82) is 0 Å². The quantitative estimate of drug-likeness (QED) is 0.298. The van der Waals surface area contributed by atoms with Gasteiger partial charge >= 0.3 is 0 Å². The largest absolute Gasteiger partial charge is 0.495 e. The second-order valence-corrected chi connectivity index (χ2v) is 12.3. The molecule has 2 saturated heterocycles. The highest BCUT2D eigenvalue weighted by Crippen LogP contribution is 2.34. The third-order valence-electron chi connectivity index (χ3n) is 8.52. The monoisotopic (exact) mass is 622 g/mol. The Bertz CT molecular complexity index is 1590. The van der Waals surface area contributed by atoms with E-state index in [0.717, 1.165) is 37.0 Å². The summed E-state index contributed by atoms with van der Waals surface area (Å²) < 4.78 is 34.5. The van der Waals surface area contributed by atoms with E-state index >= 15 is 0 Å². The van der Waals surface area contributed by atoms with Gasteiger partial charge < -0.3 is 34.9 Å². The number of hydrogen-bond acceptors (Lipinski definition) is 7. The normalized spacial score (nSPS) is 22.6. The molecule has 3 N–H and O–H groups in total. The maximum absolute atomic E-state index is 13.6. The molecule has 6 aliphatic rings. The number of pyridine rings is 1. The molecule has 1 unspecified atom stereocenters. The Kier molecular flexibility index (Phi) is 9.14. The van der Waals surface area contributed by atoms with Crippen LogP contribution < -0.4 is 20.7 Å². The Hall–Kier alpha value is -3.95. The van der Waals surface area contributed by atoms with Crippen LogP contribution in [0.2, 0.25) is 0 Å². The number of halogens is 2. The minimum atomic E-state index is -2.60. The van der Waals surface area contributed by atoms with Crippen molar-refractivity contribution in [2.45, 2.75) is 36.1 Å². The molecule has 2 fully saturated rings. The molecule has 9 nitrogen and oxygen atoms in total. The molecule has 6 aliphatic heterocycles. The molecule has 2 amide bonds. The number of amides is 2. The third kappa shape index (κ3) is 6.59. The number of methoxy groups -OCH3 is 1. The van der Waals surface area contributed by atoms with Crippen molar-refractivity contribution >= 4 is 40.5 Å². The number of nitrogens with zero attached hydrogens (tertiary/aromatic N) is 3. The molecule has 0 radical (unpaired) electrons. The van der Waals surface area contributed by atoms with Crippen LogP contribution in [0.4, 0.5) is 20.2 Å². The van der Waals surface area contributed by atoms with Crippen molar-refractivity contribution in [3.8, 4) is 17.6 Å². The summed E-state index contributed by atoms with van der Waals surface area (Å²) in [6, 6.07) is 11.0. The average Bonchev–Trinajstić information content (AvgIpc) is 3.64. The summed E-state index contributed by atoms with van der Waals surface area (Å²) in [7, 11) is 1.53. The van der Waals surface area contributed by atoms with Gasteiger partial charge in [-0.05, 0) is 74.0 Å². The summed E-state index contributed by atoms with van der Waals surface area (Å²) in [4.78, 5) is 30.4. The number of carbonyl (C=O) groups is 2.